The van der Waals surface area contributed by atoms with Crippen LogP contribution in [0.1, 0.15) is 22.8 Å². The molecule has 230 valence electrons. The molecular weight excluding hydrogens is 598 g/mol. The Labute approximate surface area is 254 Å². The fourth-order valence-corrected chi connectivity index (χ4v) is 6.54. The van der Waals surface area contributed by atoms with Gasteiger partial charge in [0.05, 0.1) is 18.1 Å². The Kier molecular flexibility index (Phi) is 11.2. The van der Waals surface area contributed by atoms with Gasteiger partial charge in [-0.05, 0) is 66.3 Å². The number of carbonyl (C=O) groups is 2. The van der Waals surface area contributed by atoms with E-state index in [1.165, 1.54) is 28.8 Å². The number of hydrogen-bond acceptors (Lipinski definition) is 8. The van der Waals surface area contributed by atoms with Gasteiger partial charge in [-0.3, -0.25) is 14.5 Å². The van der Waals surface area contributed by atoms with E-state index in [0.717, 1.165) is 11.1 Å². The van der Waals surface area contributed by atoms with Gasteiger partial charge in [0.15, 0.2) is 21.5 Å². The first kappa shape index (κ1) is 32.4. The van der Waals surface area contributed by atoms with Crippen LogP contribution in [0.5, 0.6) is 5.75 Å². The number of thioether (sulfide) groups is 1. The van der Waals surface area contributed by atoms with Crippen molar-refractivity contribution in [2.45, 2.75) is 18.4 Å². The smallest absolute Gasteiger partial charge is 0.325 e. The average Bonchev–Trinajstić information content (AvgIpc) is 3.00. The predicted octanol–water partition coefficient (Wildman–Crippen LogP) is 4.67. The van der Waals surface area contributed by atoms with Gasteiger partial charge in [-0.2, -0.15) is 0 Å². The van der Waals surface area contributed by atoms with Gasteiger partial charge in [0.2, 0.25) is 0 Å². The summed E-state index contributed by atoms with van der Waals surface area (Å²) in [6.45, 7) is 3.28. The maximum absolute atomic E-state index is 13.9. The van der Waals surface area contributed by atoms with E-state index in [-0.39, 0.29) is 43.7 Å². The molecule has 43 heavy (non-hydrogen) atoms. The van der Waals surface area contributed by atoms with Crippen LogP contribution in [-0.4, -0.2) is 87.2 Å². The number of carbonyl (C=O) groups excluding carboxylic acids is 2. The molecule has 0 unspecified atom stereocenters. The highest BCUT2D eigenvalue weighted by Crippen LogP contribution is 2.33. The molecule has 4 rings (SSSR count). The third-order valence-corrected chi connectivity index (χ3v) is 9.41. The van der Waals surface area contributed by atoms with Crippen LogP contribution in [0.3, 0.4) is 0 Å². The van der Waals surface area contributed by atoms with Crippen molar-refractivity contribution in [1.29, 1.82) is 0 Å². The van der Waals surface area contributed by atoms with E-state index in [1.807, 2.05) is 11.0 Å². The molecule has 1 aliphatic rings. The number of amides is 1. The molecule has 0 N–H and O–H groups in total. The van der Waals surface area contributed by atoms with Crippen molar-refractivity contribution in [2.24, 2.45) is 0 Å². The van der Waals surface area contributed by atoms with Crippen molar-refractivity contribution >= 4 is 33.5 Å². The lowest BCUT2D eigenvalue weighted by atomic mass is 10.1. The predicted molar refractivity (Wildman–Crippen MR) is 162 cm³/mol. The van der Waals surface area contributed by atoms with Gasteiger partial charge >= 0.3 is 5.97 Å². The summed E-state index contributed by atoms with van der Waals surface area (Å²) >= 11 is 1.33. The molecule has 1 fully saturated rings. The van der Waals surface area contributed by atoms with E-state index in [2.05, 4.69) is 0 Å². The van der Waals surface area contributed by atoms with Crippen LogP contribution in [0, 0.1) is 11.6 Å². The molecule has 1 amide bonds. The number of sulfone groups is 1. The van der Waals surface area contributed by atoms with Gasteiger partial charge in [-0.1, -0.05) is 24.3 Å². The topological polar surface area (TPSA) is 93.2 Å². The zero-order chi connectivity index (χ0) is 31.0. The van der Waals surface area contributed by atoms with Gasteiger partial charge in [0, 0.05) is 36.6 Å². The molecule has 8 nitrogen and oxygen atoms in total. The number of benzene rings is 3. The summed E-state index contributed by atoms with van der Waals surface area (Å²) < 4.78 is 62.0. The van der Waals surface area contributed by atoms with Crippen LogP contribution in [0.4, 0.5) is 8.78 Å². The molecule has 12 heteroatoms. The molecule has 0 radical (unpaired) electrons. The SMILES string of the molecule is CCOC(=O)CN(CCN1CCS(=O)(=O)CC1)C(=O)c1cccc(COc2ccc(-c3cc(F)c(F)cc3SC)cc2)c1. The molecule has 3 aromatic carbocycles. The van der Waals surface area contributed by atoms with Crippen molar-refractivity contribution in [3.05, 3.63) is 83.4 Å². The van der Waals surface area contributed by atoms with Crippen LogP contribution >= 0.6 is 11.8 Å². The summed E-state index contributed by atoms with van der Waals surface area (Å²) in [4.78, 5) is 29.7. The van der Waals surface area contributed by atoms with E-state index in [0.29, 0.717) is 41.4 Å². The largest absolute Gasteiger partial charge is 0.489 e. The molecule has 0 bridgehead atoms. The summed E-state index contributed by atoms with van der Waals surface area (Å²) in [5.74, 6) is -1.96. The second-order valence-corrected chi connectivity index (χ2v) is 13.2. The Hall–Kier alpha value is -3.48. The molecule has 0 spiro atoms. The zero-order valence-electron chi connectivity index (χ0n) is 24.1. The zero-order valence-corrected chi connectivity index (χ0v) is 25.7. The maximum Gasteiger partial charge on any atom is 0.325 e. The van der Waals surface area contributed by atoms with Gasteiger partial charge in [-0.15, -0.1) is 11.8 Å². The second-order valence-electron chi connectivity index (χ2n) is 10.0. The van der Waals surface area contributed by atoms with Crippen molar-refractivity contribution in [1.82, 2.24) is 9.80 Å². The quantitative estimate of drug-likeness (QED) is 0.210. The van der Waals surface area contributed by atoms with Gasteiger partial charge < -0.3 is 14.4 Å². The summed E-state index contributed by atoms with van der Waals surface area (Å²) in [5, 5.41) is 0. The number of nitrogens with zero attached hydrogens (tertiary/aromatic N) is 2. The van der Waals surface area contributed by atoms with Crippen molar-refractivity contribution in [2.75, 3.05) is 57.1 Å². The Balaban J connectivity index is 1.41. The summed E-state index contributed by atoms with van der Waals surface area (Å²) in [7, 11) is -3.03. The number of ether oxygens (including phenoxy) is 2. The van der Waals surface area contributed by atoms with Crippen LogP contribution < -0.4 is 4.74 Å². The van der Waals surface area contributed by atoms with Crippen molar-refractivity contribution in [3.8, 4) is 16.9 Å². The summed E-state index contributed by atoms with van der Waals surface area (Å²) in [6, 6.07) is 16.3. The third-order valence-electron chi connectivity index (χ3n) is 7.02. The monoisotopic (exact) mass is 632 g/mol. The van der Waals surface area contributed by atoms with Gasteiger partial charge in [0.25, 0.3) is 5.91 Å². The van der Waals surface area contributed by atoms with Crippen LogP contribution in [0.15, 0.2) is 65.6 Å². The normalized spacial score (nSPS) is 14.7. The molecule has 0 aromatic heterocycles. The van der Waals surface area contributed by atoms with E-state index in [4.69, 9.17) is 9.47 Å². The molecular formula is C31H34F2N2O6S2. The highest BCUT2D eigenvalue weighted by Gasteiger charge is 2.24. The molecule has 0 saturated carbocycles. The first-order valence-electron chi connectivity index (χ1n) is 13.8. The number of rotatable bonds is 12. The van der Waals surface area contributed by atoms with Crippen molar-refractivity contribution < 1.29 is 36.3 Å². The lowest BCUT2D eigenvalue weighted by molar-refractivity contribution is -0.143. The molecule has 0 aliphatic carbocycles. The van der Waals surface area contributed by atoms with Crippen LogP contribution in [0.25, 0.3) is 11.1 Å². The summed E-state index contributed by atoms with van der Waals surface area (Å²) in [5.41, 5.74) is 2.42. The standard InChI is InChI=1S/C31H34F2N2O6S2/c1-3-40-30(36)20-35(12-11-34-13-15-43(38,39)16-14-34)31(37)24-6-4-5-22(17-24)21-41-25-9-7-23(8-10-25)26-18-27(32)28(33)19-29(26)42-2/h4-10,17-19H,3,11-16,20-21H2,1-2H3. The number of hydrogen-bond donors (Lipinski definition) is 0. The minimum Gasteiger partial charge on any atom is -0.489 e. The molecule has 1 heterocycles. The first-order valence-corrected chi connectivity index (χ1v) is 16.9. The Morgan fingerprint density at radius 3 is 2.37 bits per heavy atom. The second kappa shape index (κ2) is 14.8. The highest BCUT2D eigenvalue weighted by molar-refractivity contribution is 7.98. The molecule has 0 atom stereocenters. The van der Waals surface area contributed by atoms with E-state index >= 15 is 0 Å². The fraction of sp³-hybridized carbons (Fsp3) is 0.355. The Morgan fingerprint density at radius 1 is 1.00 bits per heavy atom. The number of halogens is 2. The molecule has 3 aromatic rings. The van der Waals surface area contributed by atoms with Crippen LogP contribution in [-0.2, 0) is 26.0 Å². The minimum absolute atomic E-state index is 0.0766. The fourth-order valence-electron chi connectivity index (χ4n) is 4.65. The lowest BCUT2D eigenvalue weighted by Gasteiger charge is -2.29. The van der Waals surface area contributed by atoms with Gasteiger partial charge in [0.1, 0.15) is 18.9 Å². The van der Waals surface area contributed by atoms with E-state index in [9.17, 15) is 26.8 Å². The summed E-state index contributed by atoms with van der Waals surface area (Å²) in [6.07, 6.45) is 1.80. The first-order chi connectivity index (χ1) is 20.6. The Morgan fingerprint density at radius 2 is 1.70 bits per heavy atom. The Bertz CT molecular complexity index is 1540. The van der Waals surface area contributed by atoms with Gasteiger partial charge in [-0.25, -0.2) is 17.2 Å². The van der Waals surface area contributed by atoms with E-state index in [1.54, 1.807) is 55.6 Å². The lowest BCUT2D eigenvalue weighted by Crippen LogP contribution is -2.46. The number of esters is 1. The van der Waals surface area contributed by atoms with E-state index < -0.39 is 27.4 Å². The molecule has 1 saturated heterocycles. The molecule has 1 aliphatic heterocycles. The minimum atomic E-state index is -3.03. The maximum atomic E-state index is 13.9. The third kappa shape index (κ3) is 9.01. The van der Waals surface area contributed by atoms with Crippen LogP contribution in [0.2, 0.25) is 0 Å². The average molecular weight is 633 g/mol. The highest BCUT2D eigenvalue weighted by atomic mass is 32.2. The van der Waals surface area contributed by atoms with Crippen molar-refractivity contribution in [3.63, 3.8) is 0 Å².